The van der Waals surface area contributed by atoms with Gasteiger partial charge in [0.05, 0.1) is 12.2 Å². The number of carbonyl (C=O) groups is 1. The molecule has 0 atom stereocenters. The van der Waals surface area contributed by atoms with Crippen LogP contribution >= 0.6 is 11.6 Å². The monoisotopic (exact) mass is 303 g/mol. The number of pyridine rings is 1. The molecule has 0 radical (unpaired) electrons. The zero-order valence-electron chi connectivity index (χ0n) is 11.9. The highest BCUT2D eigenvalue weighted by molar-refractivity contribution is 6.31. The minimum atomic E-state index is -0.00664. The van der Waals surface area contributed by atoms with E-state index in [1.54, 1.807) is 6.20 Å². The maximum atomic E-state index is 11.8. The molecule has 0 aliphatic rings. The van der Waals surface area contributed by atoms with E-state index in [1.807, 2.05) is 43.3 Å². The normalized spacial score (nSPS) is 10.2. The topological polar surface area (TPSA) is 54.0 Å². The molecule has 0 bridgehead atoms. The summed E-state index contributed by atoms with van der Waals surface area (Å²) in [5.41, 5.74) is 2.80. The number of nitrogens with one attached hydrogen (secondary N) is 2. The van der Waals surface area contributed by atoms with Crippen molar-refractivity contribution in [3.05, 3.63) is 58.9 Å². The maximum Gasteiger partial charge on any atom is 0.222 e. The van der Waals surface area contributed by atoms with Gasteiger partial charge in [0.2, 0.25) is 5.91 Å². The molecule has 4 nitrogen and oxygen atoms in total. The van der Waals surface area contributed by atoms with Crippen LogP contribution in [0.25, 0.3) is 0 Å². The van der Waals surface area contributed by atoms with Gasteiger partial charge in [-0.3, -0.25) is 9.78 Å². The van der Waals surface area contributed by atoms with Crippen molar-refractivity contribution >= 4 is 23.2 Å². The van der Waals surface area contributed by atoms with E-state index >= 15 is 0 Å². The second-order valence-electron chi connectivity index (χ2n) is 4.69. The number of hydrogen-bond acceptors (Lipinski definition) is 3. The Labute approximate surface area is 129 Å². The fourth-order valence-electron chi connectivity index (χ4n) is 1.89. The van der Waals surface area contributed by atoms with Crippen LogP contribution in [0, 0.1) is 6.92 Å². The molecule has 110 valence electrons. The molecule has 1 heterocycles. The highest BCUT2D eigenvalue weighted by Crippen LogP contribution is 2.22. The molecular weight excluding hydrogens is 286 g/mol. The Hall–Kier alpha value is -2.07. The molecule has 1 aromatic heterocycles. The van der Waals surface area contributed by atoms with Crippen LogP contribution in [0.4, 0.5) is 5.69 Å². The van der Waals surface area contributed by atoms with E-state index in [-0.39, 0.29) is 5.91 Å². The van der Waals surface area contributed by atoms with Crippen LogP contribution in [0.1, 0.15) is 17.7 Å². The van der Waals surface area contributed by atoms with E-state index in [4.69, 9.17) is 11.6 Å². The molecular formula is C16H18ClN3O. The van der Waals surface area contributed by atoms with Gasteiger partial charge in [-0.2, -0.15) is 0 Å². The van der Waals surface area contributed by atoms with Gasteiger partial charge in [-0.15, -0.1) is 0 Å². The van der Waals surface area contributed by atoms with Crippen molar-refractivity contribution in [2.45, 2.75) is 19.9 Å². The summed E-state index contributed by atoms with van der Waals surface area (Å²) in [6.07, 6.45) is 2.11. The first-order valence-corrected chi connectivity index (χ1v) is 7.20. The molecule has 0 fully saturated rings. The summed E-state index contributed by atoms with van der Waals surface area (Å²) in [5.74, 6) is -0.00664. The first-order valence-electron chi connectivity index (χ1n) is 6.82. The average Bonchev–Trinajstić information content (AvgIpc) is 2.50. The second-order valence-corrected chi connectivity index (χ2v) is 5.09. The average molecular weight is 304 g/mol. The number of aromatic nitrogens is 1. The summed E-state index contributed by atoms with van der Waals surface area (Å²) < 4.78 is 0. The first kappa shape index (κ1) is 15.3. The Morgan fingerprint density at radius 1 is 1.24 bits per heavy atom. The largest absolute Gasteiger partial charge is 0.384 e. The molecule has 0 aliphatic carbocycles. The molecule has 0 unspecified atom stereocenters. The van der Waals surface area contributed by atoms with Crippen molar-refractivity contribution in [3.8, 4) is 0 Å². The first-order chi connectivity index (χ1) is 10.2. The number of amides is 1. The highest BCUT2D eigenvalue weighted by atomic mass is 35.5. The Balaban J connectivity index is 1.73. The van der Waals surface area contributed by atoms with Gasteiger partial charge in [-0.05, 0) is 36.8 Å². The van der Waals surface area contributed by atoms with Crippen molar-refractivity contribution < 1.29 is 4.79 Å². The van der Waals surface area contributed by atoms with Gasteiger partial charge in [-0.1, -0.05) is 23.7 Å². The van der Waals surface area contributed by atoms with Crippen molar-refractivity contribution in [2.24, 2.45) is 0 Å². The second kappa shape index (κ2) is 7.64. The summed E-state index contributed by atoms with van der Waals surface area (Å²) in [5, 5.41) is 6.79. The summed E-state index contributed by atoms with van der Waals surface area (Å²) in [6, 6.07) is 11.3. The van der Waals surface area contributed by atoms with Gasteiger partial charge in [0.1, 0.15) is 0 Å². The number of anilines is 1. The smallest absolute Gasteiger partial charge is 0.222 e. The van der Waals surface area contributed by atoms with Crippen molar-refractivity contribution in [2.75, 3.05) is 11.9 Å². The fourth-order valence-corrected chi connectivity index (χ4v) is 2.06. The van der Waals surface area contributed by atoms with E-state index in [9.17, 15) is 4.79 Å². The molecule has 0 spiro atoms. The molecule has 1 amide bonds. The number of carbonyl (C=O) groups excluding carboxylic acids is 1. The lowest BCUT2D eigenvalue weighted by molar-refractivity contribution is -0.121. The van der Waals surface area contributed by atoms with E-state index in [1.165, 1.54) is 0 Å². The van der Waals surface area contributed by atoms with Gasteiger partial charge in [-0.25, -0.2) is 0 Å². The van der Waals surface area contributed by atoms with E-state index in [2.05, 4.69) is 15.6 Å². The highest BCUT2D eigenvalue weighted by Gasteiger charge is 2.04. The van der Waals surface area contributed by atoms with Gasteiger partial charge < -0.3 is 10.6 Å². The van der Waals surface area contributed by atoms with E-state index in [0.717, 1.165) is 22.0 Å². The summed E-state index contributed by atoms with van der Waals surface area (Å²) >= 11 is 6.05. The molecule has 2 aromatic rings. The maximum absolute atomic E-state index is 11.8. The van der Waals surface area contributed by atoms with Crippen molar-refractivity contribution in [1.29, 1.82) is 0 Å². The Morgan fingerprint density at radius 2 is 2.10 bits per heavy atom. The van der Waals surface area contributed by atoms with Crippen LogP contribution in [0.2, 0.25) is 5.02 Å². The quantitative estimate of drug-likeness (QED) is 0.862. The molecule has 2 rings (SSSR count). The van der Waals surface area contributed by atoms with Crippen LogP contribution < -0.4 is 10.6 Å². The molecule has 0 aliphatic heterocycles. The van der Waals surface area contributed by atoms with Gasteiger partial charge in [0.15, 0.2) is 0 Å². The number of rotatable bonds is 6. The molecule has 0 saturated heterocycles. The third-order valence-electron chi connectivity index (χ3n) is 3.13. The van der Waals surface area contributed by atoms with E-state index < -0.39 is 0 Å². The zero-order valence-corrected chi connectivity index (χ0v) is 12.7. The molecule has 21 heavy (non-hydrogen) atoms. The lowest BCUT2D eigenvalue weighted by atomic mass is 10.2. The van der Waals surface area contributed by atoms with Crippen molar-refractivity contribution in [3.63, 3.8) is 0 Å². The Bertz CT molecular complexity index is 602. The third kappa shape index (κ3) is 4.76. The van der Waals surface area contributed by atoms with Crippen LogP contribution in [-0.2, 0) is 11.3 Å². The van der Waals surface area contributed by atoms with Crippen molar-refractivity contribution in [1.82, 2.24) is 10.3 Å². The third-order valence-corrected chi connectivity index (χ3v) is 3.54. The molecule has 1 aromatic carbocycles. The van der Waals surface area contributed by atoms with Crippen LogP contribution in [-0.4, -0.2) is 17.4 Å². The lowest BCUT2D eigenvalue weighted by Gasteiger charge is -2.10. The lowest BCUT2D eigenvalue weighted by Crippen LogP contribution is -2.25. The number of nitrogens with zero attached hydrogens (tertiary/aromatic N) is 1. The van der Waals surface area contributed by atoms with Gasteiger partial charge >= 0.3 is 0 Å². The predicted octanol–water partition coefficient (Wildman–Crippen LogP) is 3.16. The fraction of sp³-hybridized carbons (Fsp3) is 0.250. The predicted molar refractivity (Wildman–Crippen MR) is 85.4 cm³/mol. The summed E-state index contributed by atoms with van der Waals surface area (Å²) in [6.45, 7) is 2.97. The number of hydrogen-bond donors (Lipinski definition) is 2. The number of halogens is 1. The summed E-state index contributed by atoms with van der Waals surface area (Å²) in [7, 11) is 0. The minimum absolute atomic E-state index is 0.00664. The van der Waals surface area contributed by atoms with Gasteiger partial charge in [0, 0.05) is 29.9 Å². The Kier molecular flexibility index (Phi) is 5.58. The summed E-state index contributed by atoms with van der Waals surface area (Å²) in [4.78, 5) is 15.9. The Morgan fingerprint density at radius 3 is 2.86 bits per heavy atom. The number of benzene rings is 1. The molecule has 2 N–H and O–H groups in total. The SMILES string of the molecule is Cc1c(Cl)cccc1NCCC(=O)NCc1ccccn1. The van der Waals surface area contributed by atoms with Gasteiger partial charge in [0.25, 0.3) is 0 Å². The minimum Gasteiger partial charge on any atom is -0.384 e. The zero-order chi connectivity index (χ0) is 15.1. The standard InChI is InChI=1S/C16H18ClN3O/c1-12-14(17)6-4-7-15(12)19-10-8-16(21)20-11-13-5-2-3-9-18-13/h2-7,9,19H,8,10-11H2,1H3,(H,20,21). The molecule has 5 heteroatoms. The van der Waals surface area contributed by atoms with Crippen LogP contribution in [0.3, 0.4) is 0 Å². The van der Waals surface area contributed by atoms with Crippen LogP contribution in [0.15, 0.2) is 42.6 Å². The van der Waals surface area contributed by atoms with Crippen LogP contribution in [0.5, 0.6) is 0 Å². The van der Waals surface area contributed by atoms with E-state index in [0.29, 0.717) is 19.5 Å². The molecule has 0 saturated carbocycles.